The Morgan fingerprint density at radius 3 is 2.56 bits per heavy atom. The summed E-state index contributed by atoms with van der Waals surface area (Å²) in [5, 5.41) is 8.61. The lowest BCUT2D eigenvalue weighted by molar-refractivity contribution is 0.497. The van der Waals surface area contributed by atoms with Crippen molar-refractivity contribution in [3.05, 3.63) is 16.4 Å². The molecule has 0 spiro atoms. The molecule has 1 heterocycles. The number of aryl methyl sites for hydroxylation is 2. The van der Waals surface area contributed by atoms with Crippen LogP contribution in [-0.4, -0.2) is 22.9 Å². The lowest BCUT2D eigenvalue weighted by atomic mass is 10.1. The van der Waals surface area contributed by atoms with Crippen LogP contribution < -0.4 is 5.32 Å². The number of rotatable bonds is 6. The second kappa shape index (κ2) is 6.26. The molecule has 1 N–H and O–H groups in total. The Morgan fingerprint density at radius 2 is 2.12 bits per heavy atom. The van der Waals surface area contributed by atoms with Gasteiger partial charge in [0.05, 0.1) is 16.4 Å². The van der Waals surface area contributed by atoms with Gasteiger partial charge in [-0.2, -0.15) is 5.10 Å². The highest BCUT2D eigenvalue weighted by molar-refractivity contribution is 6.31. The number of aromatic nitrogens is 2. The van der Waals surface area contributed by atoms with E-state index in [1.807, 2.05) is 18.8 Å². The fourth-order valence-electron chi connectivity index (χ4n) is 1.97. The molecule has 0 radical (unpaired) electrons. The van der Waals surface area contributed by atoms with E-state index in [0.717, 1.165) is 29.3 Å². The van der Waals surface area contributed by atoms with Gasteiger partial charge in [-0.1, -0.05) is 31.9 Å². The van der Waals surface area contributed by atoms with Gasteiger partial charge in [-0.15, -0.1) is 0 Å². The van der Waals surface area contributed by atoms with E-state index in [4.69, 9.17) is 11.6 Å². The van der Waals surface area contributed by atoms with Gasteiger partial charge in [0, 0.05) is 19.5 Å². The Hall–Kier alpha value is -0.540. The molecule has 1 atom stereocenters. The van der Waals surface area contributed by atoms with Gasteiger partial charge in [-0.05, 0) is 19.9 Å². The molecule has 0 aliphatic rings. The molecule has 0 amide bonds. The van der Waals surface area contributed by atoms with Crippen LogP contribution in [0.15, 0.2) is 0 Å². The van der Waals surface area contributed by atoms with Gasteiger partial charge >= 0.3 is 0 Å². The molecule has 0 bridgehead atoms. The van der Waals surface area contributed by atoms with Gasteiger partial charge in [-0.25, -0.2) is 0 Å². The molecule has 1 aromatic rings. The van der Waals surface area contributed by atoms with E-state index in [0.29, 0.717) is 6.04 Å². The molecule has 1 aromatic heterocycles. The highest BCUT2D eigenvalue weighted by Gasteiger charge is 2.16. The van der Waals surface area contributed by atoms with Crippen molar-refractivity contribution in [1.82, 2.24) is 15.1 Å². The first-order valence-corrected chi connectivity index (χ1v) is 6.39. The van der Waals surface area contributed by atoms with Gasteiger partial charge in [0.2, 0.25) is 0 Å². The van der Waals surface area contributed by atoms with Gasteiger partial charge < -0.3 is 5.32 Å². The van der Waals surface area contributed by atoms with Crippen molar-refractivity contribution in [2.75, 3.05) is 7.05 Å². The largest absolute Gasteiger partial charge is 0.317 e. The van der Waals surface area contributed by atoms with Crippen LogP contribution in [0.25, 0.3) is 0 Å². The van der Waals surface area contributed by atoms with Crippen LogP contribution in [0, 0.1) is 0 Å². The van der Waals surface area contributed by atoms with Crippen molar-refractivity contribution in [1.29, 1.82) is 0 Å². The Morgan fingerprint density at radius 1 is 1.44 bits per heavy atom. The molecule has 0 aromatic carbocycles. The van der Waals surface area contributed by atoms with Crippen LogP contribution >= 0.6 is 11.6 Å². The molecular formula is C12H22ClN3. The van der Waals surface area contributed by atoms with E-state index in [-0.39, 0.29) is 0 Å². The topological polar surface area (TPSA) is 29.9 Å². The number of halogens is 1. The minimum atomic E-state index is 0.489. The van der Waals surface area contributed by atoms with Gasteiger partial charge in [0.1, 0.15) is 0 Å². The SMILES string of the molecule is CCCC(Cc1c(Cl)c(CC)nn1C)NC. The maximum absolute atomic E-state index is 6.32. The van der Waals surface area contributed by atoms with E-state index in [2.05, 4.69) is 24.3 Å². The fraction of sp³-hybridized carbons (Fsp3) is 0.750. The lowest BCUT2D eigenvalue weighted by Crippen LogP contribution is -2.28. The molecule has 16 heavy (non-hydrogen) atoms. The van der Waals surface area contributed by atoms with Crippen molar-refractivity contribution in [3.8, 4) is 0 Å². The second-order valence-corrected chi connectivity index (χ2v) is 4.54. The standard InChI is InChI=1S/C12H22ClN3/c1-5-7-9(14-3)8-11-12(13)10(6-2)15-16(11)4/h9,14H,5-8H2,1-4H3. The van der Waals surface area contributed by atoms with Crippen LogP contribution in [0.5, 0.6) is 0 Å². The molecule has 0 aliphatic heterocycles. The Labute approximate surface area is 103 Å². The third-order valence-corrected chi connectivity index (χ3v) is 3.42. The molecule has 1 rings (SSSR count). The van der Waals surface area contributed by atoms with Crippen LogP contribution in [0.2, 0.25) is 5.02 Å². The zero-order valence-electron chi connectivity index (χ0n) is 10.7. The van der Waals surface area contributed by atoms with E-state index in [1.54, 1.807) is 0 Å². The summed E-state index contributed by atoms with van der Waals surface area (Å²) in [6.07, 6.45) is 4.19. The third-order valence-electron chi connectivity index (χ3n) is 2.99. The Kier molecular flexibility index (Phi) is 5.29. The summed E-state index contributed by atoms with van der Waals surface area (Å²) in [6, 6.07) is 0.489. The zero-order valence-corrected chi connectivity index (χ0v) is 11.4. The quantitative estimate of drug-likeness (QED) is 0.832. The van der Waals surface area contributed by atoms with Crippen molar-refractivity contribution in [3.63, 3.8) is 0 Å². The number of nitrogens with one attached hydrogen (secondary N) is 1. The molecule has 0 fully saturated rings. The normalized spacial score (nSPS) is 13.1. The van der Waals surface area contributed by atoms with Gasteiger partial charge in [0.15, 0.2) is 0 Å². The molecule has 92 valence electrons. The van der Waals surface area contributed by atoms with E-state index < -0.39 is 0 Å². The lowest BCUT2D eigenvalue weighted by Gasteiger charge is -2.15. The molecule has 0 aliphatic carbocycles. The fourth-order valence-corrected chi connectivity index (χ4v) is 2.34. The zero-order chi connectivity index (χ0) is 12.1. The van der Waals surface area contributed by atoms with Crippen molar-refractivity contribution in [2.45, 2.75) is 45.6 Å². The average molecular weight is 244 g/mol. The van der Waals surface area contributed by atoms with Crippen molar-refractivity contribution in [2.24, 2.45) is 7.05 Å². The monoisotopic (exact) mass is 243 g/mol. The number of likely N-dealkylation sites (N-methyl/N-ethyl adjacent to an activating group) is 1. The predicted molar refractivity (Wildman–Crippen MR) is 69.1 cm³/mol. The summed E-state index contributed by atoms with van der Waals surface area (Å²) in [5.41, 5.74) is 2.15. The van der Waals surface area contributed by atoms with Crippen LogP contribution in [0.1, 0.15) is 38.1 Å². The second-order valence-electron chi connectivity index (χ2n) is 4.16. The first-order valence-electron chi connectivity index (χ1n) is 6.01. The molecular weight excluding hydrogens is 222 g/mol. The summed E-state index contributed by atoms with van der Waals surface area (Å²) in [4.78, 5) is 0. The van der Waals surface area contributed by atoms with E-state index in [1.165, 1.54) is 12.8 Å². The van der Waals surface area contributed by atoms with Gasteiger partial charge in [-0.3, -0.25) is 4.68 Å². The summed E-state index contributed by atoms with van der Waals surface area (Å²) >= 11 is 6.32. The number of hydrogen-bond acceptors (Lipinski definition) is 2. The summed E-state index contributed by atoms with van der Waals surface area (Å²) in [5.74, 6) is 0. The van der Waals surface area contributed by atoms with Crippen LogP contribution in [-0.2, 0) is 19.9 Å². The minimum Gasteiger partial charge on any atom is -0.317 e. The van der Waals surface area contributed by atoms with E-state index >= 15 is 0 Å². The number of nitrogens with zero attached hydrogens (tertiary/aromatic N) is 2. The Balaban J connectivity index is 2.82. The van der Waals surface area contributed by atoms with Crippen LogP contribution in [0.3, 0.4) is 0 Å². The maximum Gasteiger partial charge on any atom is 0.0850 e. The summed E-state index contributed by atoms with van der Waals surface area (Å²) < 4.78 is 1.92. The first kappa shape index (κ1) is 13.5. The average Bonchev–Trinajstić information content (AvgIpc) is 2.55. The first-order chi connectivity index (χ1) is 7.63. The molecule has 0 saturated heterocycles. The van der Waals surface area contributed by atoms with Gasteiger partial charge in [0.25, 0.3) is 0 Å². The molecule has 0 saturated carbocycles. The summed E-state index contributed by atoms with van der Waals surface area (Å²) in [7, 11) is 3.98. The smallest absolute Gasteiger partial charge is 0.0850 e. The Bertz CT molecular complexity index is 333. The van der Waals surface area contributed by atoms with Crippen molar-refractivity contribution >= 4 is 11.6 Å². The van der Waals surface area contributed by atoms with Crippen LogP contribution in [0.4, 0.5) is 0 Å². The highest BCUT2D eigenvalue weighted by atomic mass is 35.5. The highest BCUT2D eigenvalue weighted by Crippen LogP contribution is 2.22. The molecule has 1 unspecified atom stereocenters. The summed E-state index contributed by atoms with van der Waals surface area (Å²) in [6.45, 7) is 4.28. The third kappa shape index (κ3) is 2.98. The molecule has 3 nitrogen and oxygen atoms in total. The number of hydrogen-bond donors (Lipinski definition) is 1. The molecule has 4 heteroatoms. The van der Waals surface area contributed by atoms with Crippen molar-refractivity contribution < 1.29 is 0 Å². The maximum atomic E-state index is 6.32. The predicted octanol–water partition coefficient (Wildman–Crippen LogP) is 2.57. The van der Waals surface area contributed by atoms with E-state index in [9.17, 15) is 0 Å². The minimum absolute atomic E-state index is 0.489.